The third kappa shape index (κ3) is 3.61. The minimum absolute atomic E-state index is 0.0553. The number of pyridine rings is 1. The van der Waals surface area contributed by atoms with Gasteiger partial charge in [0, 0.05) is 18.0 Å². The summed E-state index contributed by atoms with van der Waals surface area (Å²) in [5.74, 6) is 0.00319. The lowest BCUT2D eigenvalue weighted by molar-refractivity contribution is -0.383. The highest BCUT2D eigenvalue weighted by Crippen LogP contribution is 2.31. The van der Waals surface area contributed by atoms with Gasteiger partial charge in [-0.05, 0) is 49.2 Å². The second-order valence-electron chi connectivity index (χ2n) is 5.89. The second kappa shape index (κ2) is 7.18. The predicted molar refractivity (Wildman–Crippen MR) is 98.4 cm³/mol. The van der Waals surface area contributed by atoms with Crippen molar-refractivity contribution in [1.82, 2.24) is 4.98 Å². The third-order valence-electron chi connectivity index (χ3n) is 3.93. The summed E-state index contributed by atoms with van der Waals surface area (Å²) in [6, 6.07) is 11.8. The molecule has 0 saturated carbocycles. The Morgan fingerprint density at radius 2 is 2.04 bits per heavy atom. The van der Waals surface area contributed by atoms with E-state index < -0.39 is 4.92 Å². The van der Waals surface area contributed by atoms with E-state index in [2.05, 4.69) is 10.3 Å². The van der Waals surface area contributed by atoms with E-state index in [-0.39, 0.29) is 18.2 Å². The SMILES string of the molecule is Cc1ccc(C)c(NC(=O)COc2ccc([N+](=O)[O-])c3cccnc23)c1. The van der Waals surface area contributed by atoms with Gasteiger partial charge in [0.1, 0.15) is 11.3 Å². The maximum atomic E-state index is 12.2. The number of carbonyl (C=O) groups excluding carboxylic acids is 1. The number of amides is 1. The fraction of sp³-hybridized carbons (Fsp3) is 0.158. The Balaban J connectivity index is 1.77. The number of hydrogen-bond acceptors (Lipinski definition) is 5. The summed E-state index contributed by atoms with van der Waals surface area (Å²) in [4.78, 5) is 27.0. The number of anilines is 1. The van der Waals surface area contributed by atoms with Crippen LogP contribution in [0.15, 0.2) is 48.7 Å². The lowest BCUT2D eigenvalue weighted by atomic mass is 10.1. The fourth-order valence-electron chi connectivity index (χ4n) is 2.61. The molecule has 1 N–H and O–H groups in total. The Labute approximate surface area is 149 Å². The van der Waals surface area contributed by atoms with Crippen LogP contribution >= 0.6 is 0 Å². The third-order valence-corrected chi connectivity index (χ3v) is 3.93. The zero-order chi connectivity index (χ0) is 18.7. The smallest absolute Gasteiger partial charge is 0.279 e. The highest BCUT2D eigenvalue weighted by Gasteiger charge is 2.16. The van der Waals surface area contributed by atoms with Crippen molar-refractivity contribution in [2.24, 2.45) is 0 Å². The van der Waals surface area contributed by atoms with E-state index in [1.807, 2.05) is 32.0 Å². The van der Waals surface area contributed by atoms with Gasteiger partial charge in [-0.3, -0.25) is 19.9 Å². The van der Waals surface area contributed by atoms with E-state index in [0.717, 1.165) is 16.8 Å². The number of aryl methyl sites for hydroxylation is 2. The molecule has 0 aliphatic rings. The molecule has 26 heavy (non-hydrogen) atoms. The molecule has 1 aromatic heterocycles. The van der Waals surface area contributed by atoms with Crippen molar-refractivity contribution in [2.45, 2.75) is 13.8 Å². The lowest BCUT2D eigenvalue weighted by Gasteiger charge is -2.11. The predicted octanol–water partition coefficient (Wildman–Crippen LogP) is 3.78. The van der Waals surface area contributed by atoms with Gasteiger partial charge in [0.25, 0.3) is 11.6 Å². The molecule has 0 spiro atoms. The number of non-ortho nitro benzene ring substituents is 1. The maximum absolute atomic E-state index is 12.2. The number of rotatable bonds is 5. The van der Waals surface area contributed by atoms with Gasteiger partial charge in [-0.1, -0.05) is 12.1 Å². The molecule has 0 atom stereocenters. The number of carbonyl (C=O) groups is 1. The van der Waals surface area contributed by atoms with Crippen LogP contribution in [0.5, 0.6) is 5.75 Å². The molecule has 0 unspecified atom stereocenters. The largest absolute Gasteiger partial charge is 0.481 e. The Bertz CT molecular complexity index is 1000. The molecule has 7 heteroatoms. The van der Waals surface area contributed by atoms with Gasteiger partial charge in [0.05, 0.1) is 10.3 Å². The highest BCUT2D eigenvalue weighted by molar-refractivity contribution is 5.94. The van der Waals surface area contributed by atoms with Crippen LogP contribution in [0, 0.1) is 24.0 Å². The van der Waals surface area contributed by atoms with Crippen molar-refractivity contribution in [3.8, 4) is 5.75 Å². The Morgan fingerprint density at radius 1 is 1.23 bits per heavy atom. The summed E-state index contributed by atoms with van der Waals surface area (Å²) in [6.45, 7) is 3.63. The van der Waals surface area contributed by atoms with Crippen LogP contribution in [0.4, 0.5) is 11.4 Å². The molecule has 1 heterocycles. The molecule has 0 saturated heterocycles. The zero-order valence-corrected chi connectivity index (χ0v) is 14.4. The number of hydrogen-bond donors (Lipinski definition) is 1. The molecule has 132 valence electrons. The monoisotopic (exact) mass is 351 g/mol. The average Bonchev–Trinajstić information content (AvgIpc) is 2.62. The second-order valence-corrected chi connectivity index (χ2v) is 5.89. The van der Waals surface area contributed by atoms with Crippen molar-refractivity contribution in [3.05, 3.63) is 69.9 Å². The molecular weight excluding hydrogens is 334 g/mol. The summed E-state index contributed by atoms with van der Waals surface area (Å²) in [7, 11) is 0. The van der Waals surface area contributed by atoms with Crippen LogP contribution in [0.3, 0.4) is 0 Å². The normalized spacial score (nSPS) is 10.5. The average molecular weight is 351 g/mol. The van der Waals surface area contributed by atoms with Gasteiger partial charge < -0.3 is 10.1 Å². The molecular formula is C19H17N3O4. The number of nitro benzene ring substituents is 1. The summed E-state index contributed by atoms with van der Waals surface area (Å²) in [5, 5.41) is 14.3. The lowest BCUT2D eigenvalue weighted by Crippen LogP contribution is -2.20. The van der Waals surface area contributed by atoms with Crippen molar-refractivity contribution in [3.63, 3.8) is 0 Å². The number of benzene rings is 2. The minimum atomic E-state index is -0.471. The van der Waals surface area contributed by atoms with E-state index in [9.17, 15) is 14.9 Å². The van der Waals surface area contributed by atoms with Crippen molar-refractivity contribution in [1.29, 1.82) is 0 Å². The summed E-state index contributed by atoms with van der Waals surface area (Å²) in [5.41, 5.74) is 3.01. The van der Waals surface area contributed by atoms with Gasteiger partial charge in [-0.15, -0.1) is 0 Å². The van der Waals surface area contributed by atoms with Gasteiger partial charge in [0.2, 0.25) is 0 Å². The molecule has 0 fully saturated rings. The summed E-state index contributed by atoms with van der Waals surface area (Å²) < 4.78 is 5.56. The van der Waals surface area contributed by atoms with E-state index in [1.54, 1.807) is 12.1 Å². The number of nitrogens with zero attached hydrogens (tertiary/aromatic N) is 2. The number of nitrogens with one attached hydrogen (secondary N) is 1. The van der Waals surface area contributed by atoms with Gasteiger partial charge in [0.15, 0.2) is 6.61 Å². The zero-order valence-electron chi connectivity index (χ0n) is 14.4. The number of aromatic nitrogens is 1. The summed E-state index contributed by atoms with van der Waals surface area (Å²) >= 11 is 0. The fourth-order valence-corrected chi connectivity index (χ4v) is 2.61. The Hall–Kier alpha value is -3.48. The van der Waals surface area contributed by atoms with Crippen molar-refractivity contribution < 1.29 is 14.5 Å². The molecule has 7 nitrogen and oxygen atoms in total. The van der Waals surface area contributed by atoms with Crippen LogP contribution < -0.4 is 10.1 Å². The minimum Gasteiger partial charge on any atom is -0.481 e. The number of ether oxygens (including phenoxy) is 1. The standard InChI is InChI=1S/C19H17N3O4/c1-12-5-6-13(2)15(10-12)21-18(23)11-26-17-8-7-16(22(24)25)14-4-3-9-20-19(14)17/h3-10H,11H2,1-2H3,(H,21,23). The van der Waals surface area contributed by atoms with Gasteiger partial charge in [-0.25, -0.2) is 0 Å². The van der Waals surface area contributed by atoms with Crippen LogP contribution in [-0.4, -0.2) is 22.4 Å². The maximum Gasteiger partial charge on any atom is 0.279 e. The van der Waals surface area contributed by atoms with Crippen LogP contribution in [0.25, 0.3) is 10.9 Å². The van der Waals surface area contributed by atoms with Crippen LogP contribution in [0.1, 0.15) is 11.1 Å². The number of fused-ring (bicyclic) bond motifs is 1. The summed E-state index contributed by atoms with van der Waals surface area (Å²) in [6.07, 6.45) is 1.52. The van der Waals surface area contributed by atoms with E-state index >= 15 is 0 Å². The molecule has 3 aromatic rings. The Kier molecular flexibility index (Phi) is 4.79. The van der Waals surface area contributed by atoms with E-state index in [1.165, 1.54) is 18.3 Å². The van der Waals surface area contributed by atoms with Gasteiger partial charge >= 0.3 is 0 Å². The quantitative estimate of drug-likeness (QED) is 0.558. The molecule has 1 amide bonds. The molecule has 0 bridgehead atoms. The van der Waals surface area contributed by atoms with Crippen molar-refractivity contribution in [2.75, 3.05) is 11.9 Å². The van der Waals surface area contributed by atoms with E-state index in [0.29, 0.717) is 16.7 Å². The molecule has 0 aliphatic heterocycles. The van der Waals surface area contributed by atoms with E-state index in [4.69, 9.17) is 4.74 Å². The highest BCUT2D eigenvalue weighted by atomic mass is 16.6. The topological polar surface area (TPSA) is 94.4 Å². The first-order chi connectivity index (χ1) is 12.5. The first-order valence-corrected chi connectivity index (χ1v) is 7.98. The molecule has 3 rings (SSSR count). The Morgan fingerprint density at radius 3 is 2.81 bits per heavy atom. The molecule has 0 radical (unpaired) electrons. The van der Waals surface area contributed by atoms with Crippen molar-refractivity contribution >= 4 is 28.2 Å². The van der Waals surface area contributed by atoms with Crippen LogP contribution in [0.2, 0.25) is 0 Å². The first-order valence-electron chi connectivity index (χ1n) is 7.98. The molecule has 0 aliphatic carbocycles. The number of nitro groups is 1. The van der Waals surface area contributed by atoms with Crippen LogP contribution in [-0.2, 0) is 4.79 Å². The first kappa shape index (κ1) is 17.3. The van der Waals surface area contributed by atoms with Gasteiger partial charge in [-0.2, -0.15) is 0 Å². The molecule has 2 aromatic carbocycles.